The van der Waals surface area contributed by atoms with Gasteiger partial charge in [0.1, 0.15) is 5.69 Å². The predicted octanol–water partition coefficient (Wildman–Crippen LogP) is 4.38. The van der Waals surface area contributed by atoms with E-state index in [4.69, 9.17) is 4.74 Å². The monoisotopic (exact) mass is 362 g/mol. The summed E-state index contributed by atoms with van der Waals surface area (Å²) in [6.07, 6.45) is 1.69. The van der Waals surface area contributed by atoms with Gasteiger partial charge in [0.2, 0.25) is 0 Å². The molecule has 0 saturated carbocycles. The van der Waals surface area contributed by atoms with Crippen LogP contribution in [0.1, 0.15) is 42.7 Å². The molecule has 1 aliphatic rings. The third-order valence-electron chi connectivity index (χ3n) is 5.26. The first-order valence-corrected chi connectivity index (χ1v) is 9.59. The molecule has 0 spiro atoms. The number of hydrogen-bond donors (Lipinski definition) is 1. The van der Waals surface area contributed by atoms with Crippen molar-refractivity contribution in [3.05, 3.63) is 71.9 Å². The van der Waals surface area contributed by atoms with Crippen molar-refractivity contribution in [2.75, 3.05) is 6.61 Å². The molecule has 4 nitrogen and oxygen atoms in total. The largest absolute Gasteiger partial charge is 0.375 e. The van der Waals surface area contributed by atoms with Crippen molar-refractivity contribution in [1.29, 1.82) is 0 Å². The van der Waals surface area contributed by atoms with Crippen LogP contribution in [0.4, 0.5) is 0 Å². The standard InChI is InChI=1S/C23H26N2O2/c1-23(2)15-19(12-13-27-23)24-22(26)21-14-18-10-6-7-11-20(18)25(21)16-17-8-4-3-5-9-17/h3-11,14,19H,12-13,15-16H2,1-2H3,(H,24,26)/t19-/m1/s1. The van der Waals surface area contributed by atoms with Gasteiger partial charge in [0.15, 0.2) is 0 Å². The molecule has 1 atom stereocenters. The second-order valence-corrected chi connectivity index (χ2v) is 7.93. The number of carbonyl (C=O) groups is 1. The minimum absolute atomic E-state index is 0.00942. The summed E-state index contributed by atoms with van der Waals surface area (Å²) in [5.41, 5.74) is 2.79. The molecule has 1 N–H and O–H groups in total. The lowest BCUT2D eigenvalue weighted by Crippen LogP contribution is -2.46. The molecule has 27 heavy (non-hydrogen) atoms. The van der Waals surface area contributed by atoms with E-state index >= 15 is 0 Å². The van der Waals surface area contributed by atoms with Crippen molar-refractivity contribution in [3.63, 3.8) is 0 Å². The second-order valence-electron chi connectivity index (χ2n) is 7.93. The van der Waals surface area contributed by atoms with Gasteiger partial charge in [0.05, 0.1) is 5.60 Å². The van der Waals surface area contributed by atoms with Gasteiger partial charge in [-0.2, -0.15) is 0 Å². The molecule has 1 aromatic heterocycles. The highest BCUT2D eigenvalue weighted by atomic mass is 16.5. The molecule has 140 valence electrons. The van der Waals surface area contributed by atoms with E-state index in [0.717, 1.165) is 23.7 Å². The maximum Gasteiger partial charge on any atom is 0.268 e. The second kappa shape index (κ2) is 7.20. The topological polar surface area (TPSA) is 43.3 Å². The Kier molecular flexibility index (Phi) is 4.75. The number of benzene rings is 2. The van der Waals surface area contributed by atoms with Crippen molar-refractivity contribution in [2.45, 2.75) is 44.9 Å². The van der Waals surface area contributed by atoms with E-state index in [1.165, 1.54) is 5.56 Å². The number of carbonyl (C=O) groups excluding carboxylic acids is 1. The van der Waals surface area contributed by atoms with Crippen molar-refractivity contribution in [2.24, 2.45) is 0 Å². The summed E-state index contributed by atoms with van der Waals surface area (Å²) >= 11 is 0. The summed E-state index contributed by atoms with van der Waals surface area (Å²) in [6.45, 7) is 5.52. The number of amides is 1. The van der Waals surface area contributed by atoms with Crippen LogP contribution in [0.3, 0.4) is 0 Å². The molecule has 0 radical (unpaired) electrons. The summed E-state index contributed by atoms with van der Waals surface area (Å²) in [6, 6.07) is 20.6. The Morgan fingerprint density at radius 2 is 1.89 bits per heavy atom. The lowest BCUT2D eigenvalue weighted by Gasteiger charge is -2.35. The van der Waals surface area contributed by atoms with Crippen LogP contribution in [0.25, 0.3) is 10.9 Å². The third kappa shape index (κ3) is 3.91. The van der Waals surface area contributed by atoms with Crippen molar-refractivity contribution >= 4 is 16.8 Å². The molecule has 4 heteroatoms. The van der Waals surface area contributed by atoms with E-state index in [-0.39, 0.29) is 17.6 Å². The van der Waals surface area contributed by atoms with E-state index in [9.17, 15) is 4.79 Å². The molecular formula is C23H26N2O2. The van der Waals surface area contributed by atoms with Crippen LogP contribution in [0.2, 0.25) is 0 Å². The molecule has 1 aliphatic heterocycles. The maximum absolute atomic E-state index is 13.1. The van der Waals surface area contributed by atoms with Crippen LogP contribution >= 0.6 is 0 Å². The molecule has 2 heterocycles. The molecular weight excluding hydrogens is 336 g/mol. The first-order chi connectivity index (χ1) is 13.0. The molecule has 4 rings (SSSR count). The number of aromatic nitrogens is 1. The van der Waals surface area contributed by atoms with Crippen molar-refractivity contribution < 1.29 is 9.53 Å². The Hall–Kier alpha value is -2.59. The van der Waals surface area contributed by atoms with Crippen LogP contribution in [0, 0.1) is 0 Å². The van der Waals surface area contributed by atoms with Gasteiger partial charge in [0, 0.05) is 30.1 Å². The van der Waals surface area contributed by atoms with E-state index < -0.39 is 0 Å². The van der Waals surface area contributed by atoms with Gasteiger partial charge in [-0.25, -0.2) is 0 Å². The van der Waals surface area contributed by atoms with Gasteiger partial charge >= 0.3 is 0 Å². The average molecular weight is 362 g/mol. The van der Waals surface area contributed by atoms with Gasteiger partial charge in [0.25, 0.3) is 5.91 Å². The van der Waals surface area contributed by atoms with Gasteiger partial charge in [-0.15, -0.1) is 0 Å². The van der Waals surface area contributed by atoms with Gasteiger partial charge in [-0.3, -0.25) is 4.79 Å². The molecule has 1 amide bonds. The summed E-state index contributed by atoms with van der Waals surface area (Å²) in [5.74, 6) is -0.00942. The number of hydrogen-bond acceptors (Lipinski definition) is 2. The zero-order valence-corrected chi connectivity index (χ0v) is 15.9. The van der Waals surface area contributed by atoms with Crippen molar-refractivity contribution in [1.82, 2.24) is 9.88 Å². The minimum atomic E-state index is -0.188. The molecule has 0 unspecified atom stereocenters. The molecule has 1 fully saturated rings. The lowest BCUT2D eigenvalue weighted by molar-refractivity contribution is -0.0615. The number of ether oxygens (including phenoxy) is 1. The fourth-order valence-corrected chi connectivity index (χ4v) is 3.95. The Morgan fingerprint density at radius 3 is 2.67 bits per heavy atom. The zero-order valence-electron chi connectivity index (χ0n) is 15.9. The highest BCUT2D eigenvalue weighted by Crippen LogP contribution is 2.25. The van der Waals surface area contributed by atoms with Gasteiger partial charge in [-0.1, -0.05) is 48.5 Å². The van der Waals surface area contributed by atoms with Gasteiger partial charge in [-0.05, 0) is 44.4 Å². The molecule has 0 bridgehead atoms. The Labute approximate surface area is 160 Å². The lowest BCUT2D eigenvalue weighted by atomic mass is 9.94. The predicted molar refractivity (Wildman–Crippen MR) is 108 cm³/mol. The summed E-state index contributed by atoms with van der Waals surface area (Å²) in [5, 5.41) is 4.33. The average Bonchev–Trinajstić information content (AvgIpc) is 3.01. The van der Waals surface area contributed by atoms with E-state index in [0.29, 0.717) is 18.8 Å². The number of rotatable bonds is 4. The zero-order chi connectivity index (χ0) is 18.9. The number of para-hydroxylation sites is 1. The summed E-state index contributed by atoms with van der Waals surface area (Å²) < 4.78 is 7.89. The van der Waals surface area contributed by atoms with Gasteiger partial charge < -0.3 is 14.6 Å². The molecule has 2 aromatic carbocycles. The quantitative estimate of drug-likeness (QED) is 0.749. The fraction of sp³-hybridized carbons (Fsp3) is 0.348. The van der Waals surface area contributed by atoms with Crippen LogP contribution < -0.4 is 5.32 Å². The third-order valence-corrected chi connectivity index (χ3v) is 5.26. The summed E-state index contributed by atoms with van der Waals surface area (Å²) in [7, 11) is 0. The molecule has 3 aromatic rings. The highest BCUT2D eigenvalue weighted by molar-refractivity contribution is 5.99. The maximum atomic E-state index is 13.1. The minimum Gasteiger partial charge on any atom is -0.375 e. The molecule has 0 aliphatic carbocycles. The van der Waals surface area contributed by atoms with Crippen molar-refractivity contribution in [3.8, 4) is 0 Å². The Balaban J connectivity index is 1.64. The first kappa shape index (κ1) is 17.8. The van der Waals surface area contributed by atoms with E-state index in [2.05, 4.69) is 48.0 Å². The fourth-order valence-electron chi connectivity index (χ4n) is 3.95. The first-order valence-electron chi connectivity index (χ1n) is 9.59. The SMILES string of the molecule is CC1(C)C[C@H](NC(=O)c2cc3ccccc3n2Cc2ccccc2)CCO1. The smallest absolute Gasteiger partial charge is 0.268 e. The van der Waals surface area contributed by atoms with E-state index in [1.807, 2.05) is 36.4 Å². The Bertz CT molecular complexity index is 943. The number of nitrogens with zero attached hydrogens (tertiary/aromatic N) is 1. The normalized spacial score (nSPS) is 19.1. The van der Waals surface area contributed by atoms with Crippen LogP contribution in [0.15, 0.2) is 60.7 Å². The molecule has 1 saturated heterocycles. The van der Waals surface area contributed by atoms with Crippen LogP contribution in [-0.4, -0.2) is 28.7 Å². The number of fused-ring (bicyclic) bond motifs is 1. The Morgan fingerprint density at radius 1 is 1.15 bits per heavy atom. The highest BCUT2D eigenvalue weighted by Gasteiger charge is 2.30. The van der Waals surface area contributed by atoms with E-state index in [1.54, 1.807) is 0 Å². The van der Waals surface area contributed by atoms with Crippen LogP contribution in [-0.2, 0) is 11.3 Å². The number of nitrogens with one attached hydrogen (secondary N) is 1. The summed E-state index contributed by atoms with van der Waals surface area (Å²) in [4.78, 5) is 13.1. The van der Waals surface area contributed by atoms with Crippen LogP contribution in [0.5, 0.6) is 0 Å².